The van der Waals surface area contributed by atoms with Gasteiger partial charge in [0, 0.05) is 36.0 Å². The summed E-state index contributed by atoms with van der Waals surface area (Å²) < 4.78 is 13.5. The van der Waals surface area contributed by atoms with E-state index in [0.717, 1.165) is 22.0 Å². The average Bonchev–Trinajstić information content (AvgIpc) is 2.97. The second-order valence-electron chi connectivity index (χ2n) is 6.06. The lowest BCUT2D eigenvalue weighted by molar-refractivity contribution is -0.125. The summed E-state index contributed by atoms with van der Waals surface area (Å²) in [5.41, 5.74) is 1.74. The number of H-pyrrole nitrogens is 1. The molecule has 0 aliphatic heterocycles. The first-order valence-electron chi connectivity index (χ1n) is 7.43. The highest BCUT2D eigenvalue weighted by atomic mass is 19.1. The van der Waals surface area contributed by atoms with Crippen LogP contribution in [0.25, 0.3) is 10.9 Å². The van der Waals surface area contributed by atoms with Crippen molar-refractivity contribution in [1.29, 1.82) is 0 Å². The molecule has 0 saturated carbocycles. The van der Waals surface area contributed by atoms with Gasteiger partial charge in [-0.1, -0.05) is 6.07 Å². The van der Waals surface area contributed by atoms with E-state index in [2.05, 4.69) is 15.3 Å². The Bertz CT molecular complexity index is 840. The van der Waals surface area contributed by atoms with Crippen LogP contribution in [0.2, 0.25) is 0 Å². The molecule has 0 radical (unpaired) electrons. The van der Waals surface area contributed by atoms with Crippen molar-refractivity contribution >= 4 is 16.8 Å². The Morgan fingerprint density at radius 1 is 1.35 bits per heavy atom. The summed E-state index contributed by atoms with van der Waals surface area (Å²) in [6.07, 6.45) is 5.18. The number of nitrogens with zero attached hydrogens (tertiary/aromatic N) is 1. The van der Waals surface area contributed by atoms with Gasteiger partial charge < -0.3 is 10.3 Å². The molecule has 3 aromatic rings. The molecule has 0 bridgehead atoms. The molecule has 5 heteroatoms. The summed E-state index contributed by atoms with van der Waals surface area (Å²) >= 11 is 0. The van der Waals surface area contributed by atoms with Crippen molar-refractivity contribution in [2.75, 3.05) is 0 Å². The molecule has 0 aliphatic rings. The second kappa shape index (κ2) is 5.83. The van der Waals surface area contributed by atoms with Gasteiger partial charge in [-0.3, -0.25) is 9.78 Å². The summed E-state index contributed by atoms with van der Waals surface area (Å²) in [5, 5.41) is 3.65. The van der Waals surface area contributed by atoms with Gasteiger partial charge in [0.05, 0.1) is 5.41 Å². The van der Waals surface area contributed by atoms with Crippen LogP contribution < -0.4 is 5.32 Å². The van der Waals surface area contributed by atoms with Gasteiger partial charge >= 0.3 is 0 Å². The maximum Gasteiger partial charge on any atom is 0.230 e. The van der Waals surface area contributed by atoms with Gasteiger partial charge in [-0.05, 0) is 49.2 Å². The molecule has 1 aromatic carbocycles. The van der Waals surface area contributed by atoms with E-state index in [0.29, 0.717) is 6.54 Å². The largest absolute Gasteiger partial charge is 0.361 e. The standard InChI is InChI=1S/C18H18FN3O/c1-18(2,17(23)22-10-12-4-3-7-20-9-12)15-11-21-16-6-5-13(19)8-14(15)16/h3-9,11,21H,10H2,1-2H3,(H,22,23). The number of carbonyl (C=O) groups excluding carboxylic acids is 1. The van der Waals surface area contributed by atoms with Crippen molar-refractivity contribution in [3.8, 4) is 0 Å². The van der Waals surface area contributed by atoms with Crippen LogP contribution in [0.3, 0.4) is 0 Å². The summed E-state index contributed by atoms with van der Waals surface area (Å²) in [5.74, 6) is -0.434. The lowest BCUT2D eigenvalue weighted by Gasteiger charge is -2.23. The normalized spacial score (nSPS) is 11.6. The van der Waals surface area contributed by atoms with Crippen molar-refractivity contribution < 1.29 is 9.18 Å². The number of rotatable bonds is 4. The maximum absolute atomic E-state index is 13.5. The number of carbonyl (C=O) groups is 1. The van der Waals surface area contributed by atoms with Gasteiger partial charge in [0.2, 0.25) is 5.91 Å². The highest BCUT2D eigenvalue weighted by Gasteiger charge is 2.32. The zero-order chi connectivity index (χ0) is 16.4. The van der Waals surface area contributed by atoms with Gasteiger partial charge in [0.1, 0.15) is 5.82 Å². The van der Waals surface area contributed by atoms with Crippen molar-refractivity contribution in [3.05, 3.63) is 65.9 Å². The first-order valence-corrected chi connectivity index (χ1v) is 7.43. The lowest BCUT2D eigenvalue weighted by atomic mass is 9.83. The van der Waals surface area contributed by atoms with Crippen LogP contribution in [0.1, 0.15) is 25.0 Å². The van der Waals surface area contributed by atoms with Gasteiger partial charge in [0.15, 0.2) is 0 Å². The number of halogens is 1. The van der Waals surface area contributed by atoms with Crippen molar-refractivity contribution in [1.82, 2.24) is 15.3 Å². The zero-order valence-corrected chi connectivity index (χ0v) is 13.1. The number of nitrogens with one attached hydrogen (secondary N) is 2. The second-order valence-corrected chi connectivity index (χ2v) is 6.06. The van der Waals surface area contributed by atoms with E-state index in [1.807, 2.05) is 26.0 Å². The number of pyridine rings is 1. The van der Waals surface area contributed by atoms with E-state index in [4.69, 9.17) is 0 Å². The molecule has 0 fully saturated rings. The zero-order valence-electron chi connectivity index (χ0n) is 13.1. The van der Waals surface area contributed by atoms with Crippen LogP contribution in [0.5, 0.6) is 0 Å². The van der Waals surface area contributed by atoms with Gasteiger partial charge in [-0.15, -0.1) is 0 Å². The van der Waals surface area contributed by atoms with Gasteiger partial charge in [-0.2, -0.15) is 0 Å². The molecule has 4 nitrogen and oxygen atoms in total. The molecule has 0 saturated heterocycles. The summed E-state index contributed by atoms with van der Waals surface area (Å²) in [4.78, 5) is 19.7. The third-order valence-electron chi connectivity index (χ3n) is 4.06. The summed E-state index contributed by atoms with van der Waals surface area (Å²) in [7, 11) is 0. The highest BCUT2D eigenvalue weighted by Crippen LogP contribution is 2.31. The van der Waals surface area contributed by atoms with Gasteiger partial charge in [0.25, 0.3) is 0 Å². The Labute approximate surface area is 133 Å². The number of amides is 1. The fourth-order valence-corrected chi connectivity index (χ4v) is 2.64. The number of fused-ring (bicyclic) bond motifs is 1. The molecule has 0 unspecified atom stereocenters. The van der Waals surface area contributed by atoms with Crippen molar-refractivity contribution in [2.45, 2.75) is 25.8 Å². The average molecular weight is 311 g/mol. The van der Waals surface area contributed by atoms with Crippen LogP contribution in [-0.4, -0.2) is 15.9 Å². The molecular formula is C18H18FN3O. The van der Waals surface area contributed by atoms with E-state index in [1.165, 1.54) is 12.1 Å². The maximum atomic E-state index is 13.5. The van der Waals surface area contributed by atoms with E-state index < -0.39 is 5.41 Å². The minimum atomic E-state index is -0.783. The van der Waals surface area contributed by atoms with E-state index in [9.17, 15) is 9.18 Å². The van der Waals surface area contributed by atoms with Crippen LogP contribution in [0, 0.1) is 5.82 Å². The topological polar surface area (TPSA) is 57.8 Å². The Kier molecular flexibility index (Phi) is 3.86. The van der Waals surface area contributed by atoms with E-state index >= 15 is 0 Å². The lowest BCUT2D eigenvalue weighted by Crippen LogP contribution is -2.39. The Morgan fingerprint density at radius 2 is 2.17 bits per heavy atom. The molecule has 0 aliphatic carbocycles. The Morgan fingerprint density at radius 3 is 2.91 bits per heavy atom. The van der Waals surface area contributed by atoms with Crippen LogP contribution in [0.15, 0.2) is 48.9 Å². The van der Waals surface area contributed by atoms with Crippen LogP contribution in [-0.2, 0) is 16.8 Å². The smallest absolute Gasteiger partial charge is 0.230 e. The Balaban J connectivity index is 1.84. The Hall–Kier alpha value is -2.69. The molecule has 118 valence electrons. The minimum Gasteiger partial charge on any atom is -0.361 e. The number of hydrogen-bond donors (Lipinski definition) is 2. The summed E-state index contributed by atoms with van der Waals surface area (Å²) in [6.45, 7) is 4.07. The van der Waals surface area contributed by atoms with E-state index in [-0.39, 0.29) is 11.7 Å². The molecule has 2 N–H and O–H groups in total. The molecular weight excluding hydrogens is 293 g/mol. The predicted molar refractivity (Wildman–Crippen MR) is 87.4 cm³/mol. The molecule has 1 amide bonds. The fraction of sp³-hybridized carbons (Fsp3) is 0.222. The monoisotopic (exact) mass is 311 g/mol. The molecule has 2 heterocycles. The van der Waals surface area contributed by atoms with Crippen LogP contribution >= 0.6 is 0 Å². The molecule has 0 spiro atoms. The first-order chi connectivity index (χ1) is 11.0. The fourth-order valence-electron chi connectivity index (χ4n) is 2.64. The van der Waals surface area contributed by atoms with E-state index in [1.54, 1.807) is 24.7 Å². The number of benzene rings is 1. The molecule has 23 heavy (non-hydrogen) atoms. The van der Waals surface area contributed by atoms with Crippen LogP contribution in [0.4, 0.5) is 4.39 Å². The predicted octanol–water partition coefficient (Wildman–Crippen LogP) is 3.30. The van der Waals surface area contributed by atoms with Crippen molar-refractivity contribution in [2.24, 2.45) is 0 Å². The minimum absolute atomic E-state index is 0.119. The third-order valence-corrected chi connectivity index (χ3v) is 4.06. The number of hydrogen-bond acceptors (Lipinski definition) is 2. The van der Waals surface area contributed by atoms with Crippen molar-refractivity contribution in [3.63, 3.8) is 0 Å². The van der Waals surface area contributed by atoms with Gasteiger partial charge in [-0.25, -0.2) is 4.39 Å². The third kappa shape index (κ3) is 2.95. The molecule has 2 aromatic heterocycles. The summed E-state index contributed by atoms with van der Waals surface area (Å²) in [6, 6.07) is 8.27. The molecule has 0 atom stereocenters. The quantitative estimate of drug-likeness (QED) is 0.777. The highest BCUT2D eigenvalue weighted by molar-refractivity contribution is 5.94. The SMILES string of the molecule is CC(C)(C(=O)NCc1cccnc1)c1c[nH]c2ccc(F)cc12. The number of aromatic nitrogens is 2. The number of aromatic amines is 1. The first kappa shape index (κ1) is 15.2. The molecule has 3 rings (SSSR count).